The molecule has 1 N–H and O–H groups in total. The smallest absolute Gasteiger partial charge is 0.230 e. The third-order valence-corrected chi connectivity index (χ3v) is 6.47. The van der Waals surface area contributed by atoms with E-state index >= 15 is 0 Å². The molecule has 1 aromatic carbocycles. The number of thioether (sulfide) groups is 1. The first-order chi connectivity index (χ1) is 12.5. The van der Waals surface area contributed by atoms with Crippen LogP contribution in [0.4, 0.5) is 0 Å². The maximum absolute atomic E-state index is 12.5. The number of carbonyl (C=O) groups is 1. The quantitative estimate of drug-likeness (QED) is 0.808. The average Bonchev–Trinajstić information content (AvgIpc) is 2.98. The van der Waals surface area contributed by atoms with Crippen molar-refractivity contribution in [3.8, 4) is 5.69 Å². The summed E-state index contributed by atoms with van der Waals surface area (Å²) in [6.45, 7) is 8.54. The van der Waals surface area contributed by atoms with E-state index in [-0.39, 0.29) is 5.91 Å². The molecule has 1 aromatic heterocycles. The number of para-hydroxylation sites is 1. The van der Waals surface area contributed by atoms with Gasteiger partial charge >= 0.3 is 0 Å². The number of nitrogens with one attached hydrogen (secondary N) is 1. The lowest BCUT2D eigenvalue weighted by Gasteiger charge is -2.34. The molecule has 0 radical (unpaired) electrons. The van der Waals surface area contributed by atoms with Gasteiger partial charge in [0.15, 0.2) is 5.16 Å². The van der Waals surface area contributed by atoms with E-state index in [4.69, 9.17) is 0 Å². The highest BCUT2D eigenvalue weighted by atomic mass is 32.2. The summed E-state index contributed by atoms with van der Waals surface area (Å²) in [4.78, 5) is 12.5. The summed E-state index contributed by atoms with van der Waals surface area (Å²) in [5.74, 6) is 2.49. The van der Waals surface area contributed by atoms with Gasteiger partial charge < -0.3 is 5.32 Å². The highest BCUT2D eigenvalue weighted by Crippen LogP contribution is 2.30. The second-order valence-corrected chi connectivity index (χ2v) is 8.32. The largest absolute Gasteiger partial charge is 0.352 e. The van der Waals surface area contributed by atoms with Crippen LogP contribution in [-0.2, 0) is 4.79 Å². The molecule has 1 heterocycles. The minimum Gasteiger partial charge on any atom is -0.352 e. The fourth-order valence-corrected chi connectivity index (χ4v) is 4.49. The van der Waals surface area contributed by atoms with Gasteiger partial charge in [0.2, 0.25) is 5.91 Å². The third-order valence-electron chi connectivity index (χ3n) is 5.54. The van der Waals surface area contributed by atoms with E-state index in [0.29, 0.717) is 23.6 Å². The summed E-state index contributed by atoms with van der Waals surface area (Å²) in [7, 11) is 0. The lowest BCUT2D eigenvalue weighted by Crippen LogP contribution is -2.44. The van der Waals surface area contributed by atoms with Crippen molar-refractivity contribution >= 4 is 17.7 Å². The van der Waals surface area contributed by atoms with Gasteiger partial charge in [-0.15, -0.1) is 10.2 Å². The molecule has 1 saturated carbocycles. The first-order valence-electron chi connectivity index (χ1n) is 9.37. The van der Waals surface area contributed by atoms with Crippen molar-refractivity contribution < 1.29 is 4.79 Å². The summed E-state index contributed by atoms with van der Waals surface area (Å²) >= 11 is 1.45. The Hall–Kier alpha value is -1.82. The molecule has 0 spiro atoms. The van der Waals surface area contributed by atoms with Crippen LogP contribution in [0.2, 0.25) is 0 Å². The van der Waals surface area contributed by atoms with E-state index in [0.717, 1.165) is 28.7 Å². The van der Waals surface area contributed by atoms with Gasteiger partial charge in [-0.2, -0.15) is 0 Å². The molecule has 1 aliphatic carbocycles. The average molecular weight is 373 g/mol. The van der Waals surface area contributed by atoms with Crippen molar-refractivity contribution in [1.82, 2.24) is 20.1 Å². The van der Waals surface area contributed by atoms with Gasteiger partial charge in [-0.25, -0.2) is 0 Å². The maximum Gasteiger partial charge on any atom is 0.230 e. The second kappa shape index (κ2) is 8.25. The molecule has 1 amide bonds. The van der Waals surface area contributed by atoms with Crippen LogP contribution >= 0.6 is 11.8 Å². The molecule has 3 unspecified atom stereocenters. The van der Waals surface area contributed by atoms with Gasteiger partial charge in [-0.3, -0.25) is 9.36 Å². The van der Waals surface area contributed by atoms with Crippen LogP contribution in [-0.4, -0.2) is 32.5 Å². The molecule has 2 aromatic rings. The predicted octanol–water partition coefficient (Wildman–Crippen LogP) is 3.92. The number of amides is 1. The van der Waals surface area contributed by atoms with E-state index < -0.39 is 0 Å². The zero-order chi connectivity index (χ0) is 18.7. The lowest BCUT2D eigenvalue weighted by atomic mass is 9.78. The number of hydrogen-bond acceptors (Lipinski definition) is 4. The highest BCUT2D eigenvalue weighted by molar-refractivity contribution is 7.99. The minimum absolute atomic E-state index is 0.0814. The Labute approximate surface area is 160 Å². The maximum atomic E-state index is 12.5. The molecule has 1 fully saturated rings. The van der Waals surface area contributed by atoms with Crippen LogP contribution in [0.5, 0.6) is 0 Å². The molecule has 0 bridgehead atoms. The number of hydrogen-bond donors (Lipinski definition) is 1. The van der Waals surface area contributed by atoms with Gasteiger partial charge in [0.25, 0.3) is 0 Å². The van der Waals surface area contributed by atoms with Crippen molar-refractivity contribution in [2.45, 2.75) is 58.2 Å². The highest BCUT2D eigenvalue weighted by Gasteiger charge is 2.28. The van der Waals surface area contributed by atoms with Crippen molar-refractivity contribution in [2.75, 3.05) is 5.75 Å². The lowest BCUT2D eigenvalue weighted by molar-refractivity contribution is -0.120. The standard InChI is InChI=1S/C20H28N4OS/c1-13-9-7-10-17(15(13)3)21-19(25)12-26-20-23-22-16(4)24(20)18-11-6-5-8-14(18)2/h5-6,8,11,13,15,17H,7,9-10,12H2,1-4H3,(H,21,25). The number of rotatable bonds is 5. The third kappa shape index (κ3) is 4.11. The van der Waals surface area contributed by atoms with Gasteiger partial charge in [0.1, 0.15) is 5.82 Å². The van der Waals surface area contributed by atoms with Crippen LogP contribution in [0.3, 0.4) is 0 Å². The van der Waals surface area contributed by atoms with Crippen LogP contribution in [0.15, 0.2) is 29.4 Å². The topological polar surface area (TPSA) is 59.8 Å². The predicted molar refractivity (Wildman–Crippen MR) is 106 cm³/mol. The zero-order valence-corrected chi connectivity index (χ0v) is 16.8. The van der Waals surface area contributed by atoms with Gasteiger partial charge in [0.05, 0.1) is 11.4 Å². The normalized spacial score (nSPS) is 23.0. The molecule has 0 aliphatic heterocycles. The number of aryl methyl sites for hydroxylation is 2. The number of carbonyl (C=O) groups excluding carboxylic acids is 1. The van der Waals surface area contributed by atoms with Crippen molar-refractivity contribution in [2.24, 2.45) is 11.8 Å². The van der Waals surface area contributed by atoms with E-state index in [1.807, 2.05) is 23.6 Å². The fraction of sp³-hybridized carbons (Fsp3) is 0.550. The van der Waals surface area contributed by atoms with Crippen LogP contribution in [0, 0.1) is 25.7 Å². The SMILES string of the molecule is Cc1ccccc1-n1c(C)nnc1SCC(=O)NC1CCCC(C)C1C. The van der Waals surface area contributed by atoms with Crippen LogP contribution in [0.1, 0.15) is 44.5 Å². The Morgan fingerprint density at radius 1 is 1.23 bits per heavy atom. The van der Waals surface area contributed by atoms with Crippen molar-refractivity contribution in [3.05, 3.63) is 35.7 Å². The Balaban J connectivity index is 1.65. The Kier molecular flexibility index (Phi) is 6.01. The van der Waals surface area contributed by atoms with Crippen molar-refractivity contribution in [1.29, 1.82) is 0 Å². The van der Waals surface area contributed by atoms with Gasteiger partial charge in [-0.1, -0.05) is 56.7 Å². The number of benzene rings is 1. The molecule has 6 heteroatoms. The van der Waals surface area contributed by atoms with E-state index in [9.17, 15) is 4.79 Å². The molecule has 26 heavy (non-hydrogen) atoms. The van der Waals surface area contributed by atoms with E-state index in [1.54, 1.807) is 0 Å². The summed E-state index contributed by atoms with van der Waals surface area (Å²) in [6.07, 6.45) is 3.55. The molecule has 5 nitrogen and oxygen atoms in total. The Morgan fingerprint density at radius 2 is 2.00 bits per heavy atom. The molecule has 1 aliphatic rings. The van der Waals surface area contributed by atoms with E-state index in [2.05, 4.69) is 48.4 Å². The van der Waals surface area contributed by atoms with Gasteiger partial charge in [-0.05, 0) is 43.7 Å². The summed E-state index contributed by atoms with van der Waals surface area (Å²) in [6, 6.07) is 8.45. The zero-order valence-electron chi connectivity index (χ0n) is 16.0. The molecule has 3 rings (SSSR count). The van der Waals surface area contributed by atoms with Crippen molar-refractivity contribution in [3.63, 3.8) is 0 Å². The van der Waals surface area contributed by atoms with E-state index in [1.165, 1.54) is 24.6 Å². The number of nitrogens with zero attached hydrogens (tertiary/aromatic N) is 3. The molecular weight excluding hydrogens is 344 g/mol. The first-order valence-corrected chi connectivity index (χ1v) is 10.4. The summed E-state index contributed by atoms with van der Waals surface area (Å²) in [5, 5.41) is 12.5. The van der Waals surface area contributed by atoms with Crippen LogP contribution < -0.4 is 5.32 Å². The Morgan fingerprint density at radius 3 is 2.77 bits per heavy atom. The fourth-order valence-electron chi connectivity index (χ4n) is 3.69. The minimum atomic E-state index is 0.0814. The Bertz CT molecular complexity index is 773. The monoisotopic (exact) mass is 372 g/mol. The summed E-state index contributed by atoms with van der Waals surface area (Å²) < 4.78 is 2.03. The first kappa shape index (κ1) is 19.0. The van der Waals surface area contributed by atoms with Crippen LogP contribution in [0.25, 0.3) is 5.69 Å². The molecule has 140 valence electrons. The molecule has 0 saturated heterocycles. The summed E-state index contributed by atoms with van der Waals surface area (Å²) in [5.41, 5.74) is 2.22. The van der Waals surface area contributed by atoms with Gasteiger partial charge in [0, 0.05) is 6.04 Å². The molecule has 3 atom stereocenters. The number of aromatic nitrogens is 3. The second-order valence-electron chi connectivity index (χ2n) is 7.38. The molecular formula is C20H28N4OS.